The number of aryl methyl sites for hydroxylation is 1. The number of aliphatic imine (C=N–C) groups is 1. The van der Waals surface area contributed by atoms with Gasteiger partial charge >= 0.3 is 0 Å². The van der Waals surface area contributed by atoms with Gasteiger partial charge in [0.15, 0.2) is 5.82 Å². The lowest BCUT2D eigenvalue weighted by molar-refractivity contribution is 0.350. The first kappa shape index (κ1) is 21.0. The van der Waals surface area contributed by atoms with Gasteiger partial charge in [-0.05, 0) is 30.0 Å². The van der Waals surface area contributed by atoms with E-state index in [-0.39, 0.29) is 11.7 Å². The standard InChI is InChI=1S/C22H27N7O/c1-14(2)22(4,21-27-20(30-28-21)19-10-11-26-29(19)5)18-8-6-16(7-9-18)17(12-23)13-25-15(3)24/h6-14H,3,23-24H2,1-2,4-5H3/b17-12+,25-13?/t22-/m0/s1. The zero-order valence-corrected chi connectivity index (χ0v) is 17.7. The molecule has 0 aliphatic heterocycles. The number of hydrogen-bond acceptors (Lipinski definition) is 7. The summed E-state index contributed by atoms with van der Waals surface area (Å²) < 4.78 is 7.26. The Kier molecular flexibility index (Phi) is 5.86. The van der Waals surface area contributed by atoms with Gasteiger partial charge in [-0.1, -0.05) is 49.8 Å². The minimum atomic E-state index is -0.453. The first-order valence-electron chi connectivity index (χ1n) is 9.61. The lowest BCUT2D eigenvalue weighted by Gasteiger charge is -2.31. The van der Waals surface area contributed by atoms with Gasteiger partial charge in [0, 0.05) is 31.2 Å². The van der Waals surface area contributed by atoms with E-state index in [1.165, 1.54) is 6.20 Å². The second-order valence-electron chi connectivity index (χ2n) is 7.57. The summed E-state index contributed by atoms with van der Waals surface area (Å²) in [4.78, 5) is 8.71. The molecule has 0 aliphatic rings. The Morgan fingerprint density at radius 1 is 1.27 bits per heavy atom. The van der Waals surface area contributed by atoms with Crippen molar-refractivity contribution >= 4 is 11.8 Å². The number of allylic oxidation sites excluding steroid dienone is 1. The summed E-state index contributed by atoms with van der Waals surface area (Å²) in [6.45, 7) is 9.95. The van der Waals surface area contributed by atoms with Crippen LogP contribution in [0.5, 0.6) is 0 Å². The molecule has 3 aromatic rings. The zero-order chi connectivity index (χ0) is 21.9. The van der Waals surface area contributed by atoms with Gasteiger partial charge in [-0.3, -0.25) is 4.68 Å². The van der Waals surface area contributed by atoms with Crippen LogP contribution in [0.1, 0.15) is 37.7 Å². The number of rotatable bonds is 7. The molecule has 0 spiro atoms. The number of benzene rings is 1. The summed E-state index contributed by atoms with van der Waals surface area (Å²) >= 11 is 0. The van der Waals surface area contributed by atoms with Crippen LogP contribution in [0.3, 0.4) is 0 Å². The molecule has 0 saturated carbocycles. The van der Waals surface area contributed by atoms with E-state index in [0.717, 1.165) is 22.4 Å². The van der Waals surface area contributed by atoms with E-state index < -0.39 is 5.41 Å². The second-order valence-corrected chi connectivity index (χ2v) is 7.57. The minimum absolute atomic E-state index is 0.215. The molecule has 8 heteroatoms. The van der Waals surface area contributed by atoms with E-state index in [2.05, 4.69) is 42.6 Å². The quantitative estimate of drug-likeness (QED) is 0.582. The highest BCUT2D eigenvalue weighted by atomic mass is 16.5. The summed E-state index contributed by atoms with van der Waals surface area (Å²) in [6, 6.07) is 9.91. The molecule has 0 saturated heterocycles. The predicted molar refractivity (Wildman–Crippen MR) is 118 cm³/mol. The molecule has 4 N–H and O–H groups in total. The Morgan fingerprint density at radius 3 is 2.50 bits per heavy atom. The number of nitrogens with two attached hydrogens (primary N) is 2. The maximum Gasteiger partial charge on any atom is 0.276 e. The van der Waals surface area contributed by atoms with Gasteiger partial charge in [-0.25, -0.2) is 4.99 Å². The number of hydrogen-bond donors (Lipinski definition) is 2. The van der Waals surface area contributed by atoms with Crippen LogP contribution in [0.4, 0.5) is 0 Å². The second kappa shape index (κ2) is 8.36. The maximum absolute atomic E-state index is 5.75. The molecule has 8 nitrogen and oxygen atoms in total. The van der Waals surface area contributed by atoms with Crippen LogP contribution in [-0.4, -0.2) is 26.1 Å². The highest BCUT2D eigenvalue weighted by Crippen LogP contribution is 2.38. The van der Waals surface area contributed by atoms with Gasteiger partial charge in [0.1, 0.15) is 11.5 Å². The average Bonchev–Trinajstić information content (AvgIpc) is 3.37. The maximum atomic E-state index is 5.75. The SMILES string of the molecule is C=C(N)N=C/C(=C\N)c1ccc([C@@](C)(c2noc(-c3ccnn3C)n2)C(C)C)cc1. The molecule has 0 unspecified atom stereocenters. The van der Waals surface area contributed by atoms with Gasteiger partial charge < -0.3 is 16.0 Å². The predicted octanol–water partition coefficient (Wildman–Crippen LogP) is 3.23. The average molecular weight is 406 g/mol. The fourth-order valence-corrected chi connectivity index (χ4v) is 3.22. The monoisotopic (exact) mass is 405 g/mol. The Hall–Kier alpha value is -3.68. The highest BCUT2D eigenvalue weighted by molar-refractivity contribution is 6.09. The molecule has 0 amide bonds. The lowest BCUT2D eigenvalue weighted by Crippen LogP contribution is -2.31. The van der Waals surface area contributed by atoms with Crippen molar-refractivity contribution in [1.82, 2.24) is 19.9 Å². The van der Waals surface area contributed by atoms with Crippen LogP contribution in [0.25, 0.3) is 17.2 Å². The fourth-order valence-electron chi connectivity index (χ4n) is 3.22. The van der Waals surface area contributed by atoms with Crippen LogP contribution in [0.2, 0.25) is 0 Å². The summed E-state index contributed by atoms with van der Waals surface area (Å²) in [5.41, 5.74) is 14.3. The Morgan fingerprint density at radius 2 is 1.97 bits per heavy atom. The van der Waals surface area contributed by atoms with Gasteiger partial charge in [0.25, 0.3) is 5.89 Å². The molecular formula is C22H27N7O. The van der Waals surface area contributed by atoms with Crippen molar-refractivity contribution in [1.29, 1.82) is 0 Å². The number of nitrogens with zero attached hydrogens (tertiary/aromatic N) is 5. The van der Waals surface area contributed by atoms with Crippen LogP contribution in [0.15, 0.2) is 64.6 Å². The third-order valence-electron chi connectivity index (χ3n) is 5.45. The first-order valence-corrected chi connectivity index (χ1v) is 9.61. The van der Waals surface area contributed by atoms with Crippen molar-refractivity contribution in [3.8, 4) is 11.6 Å². The molecule has 3 rings (SSSR count). The van der Waals surface area contributed by atoms with Gasteiger partial charge in [0.2, 0.25) is 0 Å². The normalized spacial score (nSPS) is 14.4. The fraction of sp³-hybridized carbons (Fsp3) is 0.273. The third-order valence-corrected chi connectivity index (χ3v) is 5.45. The Balaban J connectivity index is 1.98. The molecule has 0 fully saturated rings. The Labute approximate surface area is 176 Å². The zero-order valence-electron chi connectivity index (χ0n) is 17.7. The minimum Gasteiger partial charge on any atom is -0.404 e. The van der Waals surface area contributed by atoms with Crippen molar-refractivity contribution in [2.45, 2.75) is 26.2 Å². The van der Waals surface area contributed by atoms with Crippen molar-refractivity contribution in [2.24, 2.45) is 29.4 Å². The first-order chi connectivity index (χ1) is 14.3. The topological polar surface area (TPSA) is 121 Å². The molecule has 2 heterocycles. The van der Waals surface area contributed by atoms with E-state index in [9.17, 15) is 0 Å². The summed E-state index contributed by atoms with van der Waals surface area (Å²) in [5, 5.41) is 8.47. The molecular weight excluding hydrogens is 378 g/mol. The molecule has 0 aliphatic carbocycles. The Bertz CT molecular complexity index is 1090. The van der Waals surface area contributed by atoms with E-state index in [0.29, 0.717) is 11.7 Å². The van der Waals surface area contributed by atoms with Crippen LogP contribution in [-0.2, 0) is 12.5 Å². The smallest absolute Gasteiger partial charge is 0.276 e. The van der Waals surface area contributed by atoms with Crippen LogP contribution >= 0.6 is 0 Å². The molecule has 0 bridgehead atoms. The molecule has 2 aromatic heterocycles. The van der Waals surface area contributed by atoms with Crippen molar-refractivity contribution < 1.29 is 4.52 Å². The van der Waals surface area contributed by atoms with E-state index in [1.54, 1.807) is 17.1 Å². The lowest BCUT2D eigenvalue weighted by atomic mass is 9.72. The van der Waals surface area contributed by atoms with Crippen molar-refractivity contribution in [2.75, 3.05) is 0 Å². The summed E-state index contributed by atoms with van der Waals surface area (Å²) in [7, 11) is 1.84. The molecule has 30 heavy (non-hydrogen) atoms. The molecule has 1 atom stereocenters. The largest absolute Gasteiger partial charge is 0.404 e. The van der Waals surface area contributed by atoms with Crippen LogP contribution in [0, 0.1) is 5.92 Å². The van der Waals surface area contributed by atoms with Gasteiger partial charge in [-0.15, -0.1) is 0 Å². The van der Waals surface area contributed by atoms with Crippen molar-refractivity contribution in [3.63, 3.8) is 0 Å². The third kappa shape index (κ3) is 3.89. The molecule has 156 valence electrons. The van der Waals surface area contributed by atoms with Gasteiger partial charge in [-0.2, -0.15) is 10.1 Å². The number of aromatic nitrogens is 4. The summed E-state index contributed by atoms with van der Waals surface area (Å²) in [5.74, 6) is 1.50. The van der Waals surface area contributed by atoms with E-state index in [1.807, 2.05) is 37.4 Å². The molecule has 0 radical (unpaired) electrons. The molecule has 1 aromatic carbocycles. The van der Waals surface area contributed by atoms with E-state index in [4.69, 9.17) is 21.0 Å². The van der Waals surface area contributed by atoms with Gasteiger partial charge in [0.05, 0.1) is 5.41 Å². The van der Waals surface area contributed by atoms with Crippen molar-refractivity contribution in [3.05, 3.63) is 72.1 Å². The van der Waals surface area contributed by atoms with E-state index >= 15 is 0 Å². The van der Waals surface area contributed by atoms with Crippen LogP contribution < -0.4 is 11.5 Å². The summed E-state index contributed by atoms with van der Waals surface area (Å²) in [6.07, 6.45) is 4.78. The highest BCUT2D eigenvalue weighted by Gasteiger charge is 2.37.